The van der Waals surface area contributed by atoms with Crippen LogP contribution in [0.2, 0.25) is 0 Å². The van der Waals surface area contributed by atoms with Crippen molar-refractivity contribution in [2.75, 3.05) is 19.5 Å². The molecule has 0 saturated heterocycles. The highest BCUT2D eigenvalue weighted by molar-refractivity contribution is 5.79. The second-order valence-corrected chi connectivity index (χ2v) is 5.69. The van der Waals surface area contributed by atoms with Crippen molar-refractivity contribution in [3.8, 4) is 5.75 Å². The van der Waals surface area contributed by atoms with E-state index in [9.17, 15) is 4.79 Å². The van der Waals surface area contributed by atoms with E-state index in [1.807, 2.05) is 24.3 Å². The zero-order valence-electron chi connectivity index (χ0n) is 12.9. The smallest absolute Gasteiger partial charge is 0.328 e. The first-order chi connectivity index (χ1) is 10.2. The molecule has 0 amide bonds. The molecule has 1 saturated carbocycles. The van der Waals surface area contributed by atoms with Gasteiger partial charge in [-0.1, -0.05) is 38.2 Å². The molecule has 1 atom stereocenters. The molecule has 1 unspecified atom stereocenters. The van der Waals surface area contributed by atoms with Crippen LogP contribution in [-0.4, -0.2) is 26.2 Å². The molecule has 116 valence electrons. The number of rotatable bonds is 6. The summed E-state index contributed by atoms with van der Waals surface area (Å²) >= 11 is 0. The Morgan fingerprint density at radius 2 is 2.05 bits per heavy atom. The summed E-state index contributed by atoms with van der Waals surface area (Å²) in [6.45, 7) is 0. The summed E-state index contributed by atoms with van der Waals surface area (Å²) in [6.07, 6.45) is 7.14. The molecular weight excluding hydrogens is 266 g/mol. The molecule has 1 aliphatic carbocycles. The molecule has 21 heavy (non-hydrogen) atoms. The molecule has 4 heteroatoms. The number of carbonyl (C=O) groups excluding carboxylic acids is 1. The van der Waals surface area contributed by atoms with Gasteiger partial charge < -0.3 is 14.8 Å². The van der Waals surface area contributed by atoms with Crippen molar-refractivity contribution in [1.29, 1.82) is 0 Å². The van der Waals surface area contributed by atoms with Crippen LogP contribution < -0.4 is 10.1 Å². The van der Waals surface area contributed by atoms with Crippen molar-refractivity contribution >= 4 is 11.7 Å². The fourth-order valence-electron chi connectivity index (χ4n) is 3.03. The van der Waals surface area contributed by atoms with E-state index >= 15 is 0 Å². The number of hydrogen-bond acceptors (Lipinski definition) is 4. The number of esters is 1. The molecule has 1 N–H and O–H groups in total. The Morgan fingerprint density at radius 3 is 2.71 bits per heavy atom. The molecular formula is C17H25NO3. The van der Waals surface area contributed by atoms with E-state index in [0.717, 1.165) is 17.9 Å². The van der Waals surface area contributed by atoms with E-state index in [1.165, 1.54) is 39.2 Å². The van der Waals surface area contributed by atoms with Gasteiger partial charge in [0, 0.05) is 11.8 Å². The average Bonchev–Trinajstić information content (AvgIpc) is 2.54. The normalized spacial score (nSPS) is 17.0. The van der Waals surface area contributed by atoms with Crippen LogP contribution in [0, 0.1) is 5.92 Å². The summed E-state index contributed by atoms with van der Waals surface area (Å²) in [4.78, 5) is 12.0. The quantitative estimate of drug-likeness (QED) is 0.813. The zero-order valence-corrected chi connectivity index (χ0v) is 12.9. The third-order valence-corrected chi connectivity index (χ3v) is 4.19. The van der Waals surface area contributed by atoms with E-state index in [-0.39, 0.29) is 12.0 Å². The number of nitrogens with one attached hydrogen (secondary N) is 1. The molecule has 2 rings (SSSR count). The van der Waals surface area contributed by atoms with E-state index < -0.39 is 0 Å². The summed E-state index contributed by atoms with van der Waals surface area (Å²) in [5.41, 5.74) is 0.889. The van der Waals surface area contributed by atoms with Crippen LogP contribution in [0.5, 0.6) is 5.75 Å². The van der Waals surface area contributed by atoms with E-state index in [4.69, 9.17) is 9.47 Å². The third kappa shape index (κ3) is 4.66. The van der Waals surface area contributed by atoms with Crippen LogP contribution in [0.4, 0.5) is 5.69 Å². The van der Waals surface area contributed by atoms with Crippen LogP contribution in [0.15, 0.2) is 24.3 Å². The van der Waals surface area contributed by atoms with Crippen LogP contribution in [-0.2, 0) is 9.53 Å². The highest BCUT2D eigenvalue weighted by Crippen LogP contribution is 2.29. The van der Waals surface area contributed by atoms with Crippen molar-refractivity contribution in [3.05, 3.63) is 24.3 Å². The lowest BCUT2D eigenvalue weighted by atomic mass is 9.85. The number of hydrogen-bond donors (Lipinski definition) is 1. The largest absolute Gasteiger partial charge is 0.497 e. The predicted molar refractivity (Wildman–Crippen MR) is 83.6 cm³/mol. The van der Waals surface area contributed by atoms with Crippen molar-refractivity contribution < 1.29 is 14.3 Å². The first-order valence-electron chi connectivity index (χ1n) is 7.71. The minimum absolute atomic E-state index is 0.191. The van der Waals surface area contributed by atoms with Crippen LogP contribution in [0.3, 0.4) is 0 Å². The number of anilines is 1. The van der Waals surface area contributed by atoms with Gasteiger partial charge in [0.1, 0.15) is 11.8 Å². The Kier molecular flexibility index (Phi) is 5.90. The van der Waals surface area contributed by atoms with Crippen LogP contribution in [0.1, 0.15) is 38.5 Å². The van der Waals surface area contributed by atoms with Gasteiger partial charge >= 0.3 is 5.97 Å². The topological polar surface area (TPSA) is 47.6 Å². The van der Waals surface area contributed by atoms with Gasteiger partial charge in [-0.2, -0.15) is 0 Å². The van der Waals surface area contributed by atoms with Gasteiger partial charge in [0.2, 0.25) is 0 Å². The van der Waals surface area contributed by atoms with Gasteiger partial charge in [0.15, 0.2) is 0 Å². The van der Waals surface area contributed by atoms with Gasteiger partial charge in [0.25, 0.3) is 0 Å². The zero-order chi connectivity index (χ0) is 15.1. The van der Waals surface area contributed by atoms with E-state index in [2.05, 4.69) is 5.32 Å². The lowest BCUT2D eigenvalue weighted by Crippen LogP contribution is -2.33. The molecule has 1 aliphatic rings. The van der Waals surface area contributed by atoms with Crippen molar-refractivity contribution in [2.24, 2.45) is 5.92 Å². The fourth-order valence-corrected chi connectivity index (χ4v) is 3.03. The molecule has 1 aromatic rings. The molecule has 0 spiro atoms. The van der Waals surface area contributed by atoms with Gasteiger partial charge in [-0.05, 0) is 24.5 Å². The van der Waals surface area contributed by atoms with Crippen molar-refractivity contribution in [2.45, 2.75) is 44.6 Å². The maximum absolute atomic E-state index is 12.0. The SMILES string of the molecule is COC(=O)C(CC1CCCCC1)Nc1cccc(OC)c1. The Hall–Kier alpha value is -1.71. The average molecular weight is 291 g/mol. The highest BCUT2D eigenvalue weighted by atomic mass is 16.5. The lowest BCUT2D eigenvalue weighted by molar-refractivity contribution is -0.142. The summed E-state index contributed by atoms with van der Waals surface area (Å²) in [7, 11) is 3.09. The number of carbonyl (C=O) groups is 1. The van der Waals surface area contributed by atoms with Crippen molar-refractivity contribution in [3.63, 3.8) is 0 Å². The van der Waals surface area contributed by atoms with Crippen LogP contribution >= 0.6 is 0 Å². The summed E-state index contributed by atoms with van der Waals surface area (Å²) in [6, 6.07) is 7.36. The van der Waals surface area contributed by atoms with Gasteiger partial charge in [-0.3, -0.25) is 0 Å². The Balaban J connectivity index is 2.02. The van der Waals surface area contributed by atoms with E-state index in [0.29, 0.717) is 5.92 Å². The molecule has 0 heterocycles. The fraction of sp³-hybridized carbons (Fsp3) is 0.588. The van der Waals surface area contributed by atoms with E-state index in [1.54, 1.807) is 7.11 Å². The van der Waals surface area contributed by atoms with Crippen LogP contribution in [0.25, 0.3) is 0 Å². The third-order valence-electron chi connectivity index (χ3n) is 4.19. The van der Waals surface area contributed by atoms with Gasteiger partial charge in [-0.25, -0.2) is 4.79 Å². The van der Waals surface area contributed by atoms with Gasteiger partial charge in [0.05, 0.1) is 14.2 Å². The summed E-state index contributed by atoms with van der Waals surface area (Å²) in [5, 5.41) is 3.30. The molecule has 0 radical (unpaired) electrons. The molecule has 0 aliphatic heterocycles. The second-order valence-electron chi connectivity index (χ2n) is 5.69. The number of ether oxygens (including phenoxy) is 2. The molecule has 0 aromatic heterocycles. The Bertz CT molecular complexity index is 455. The maximum atomic E-state index is 12.0. The van der Waals surface area contributed by atoms with Crippen molar-refractivity contribution in [1.82, 2.24) is 0 Å². The number of methoxy groups -OCH3 is 2. The monoisotopic (exact) mass is 291 g/mol. The molecule has 1 aromatic carbocycles. The lowest BCUT2D eigenvalue weighted by Gasteiger charge is -2.26. The first kappa shape index (κ1) is 15.7. The predicted octanol–water partition coefficient (Wildman–Crippen LogP) is 3.62. The minimum atomic E-state index is -0.287. The first-order valence-corrected chi connectivity index (χ1v) is 7.71. The molecule has 1 fully saturated rings. The summed E-state index contributed by atoms with van der Waals surface area (Å²) in [5.74, 6) is 1.20. The Labute approximate surface area is 126 Å². The second kappa shape index (κ2) is 7.91. The van der Waals surface area contributed by atoms with Gasteiger partial charge in [-0.15, -0.1) is 0 Å². The molecule has 4 nitrogen and oxygen atoms in total. The Morgan fingerprint density at radius 1 is 1.29 bits per heavy atom. The number of benzene rings is 1. The minimum Gasteiger partial charge on any atom is -0.497 e. The molecule has 0 bridgehead atoms. The summed E-state index contributed by atoms with van der Waals surface area (Å²) < 4.78 is 10.2. The highest BCUT2D eigenvalue weighted by Gasteiger charge is 2.25. The maximum Gasteiger partial charge on any atom is 0.328 e. The standard InChI is InChI=1S/C17H25NO3/c1-20-15-10-6-9-14(12-15)18-16(17(19)21-2)11-13-7-4-3-5-8-13/h6,9-10,12-13,16,18H,3-5,7-8,11H2,1-2H3.